The van der Waals surface area contributed by atoms with E-state index in [1.54, 1.807) is 0 Å². The van der Waals surface area contributed by atoms with Crippen LogP contribution in [0.15, 0.2) is 30.5 Å². The van der Waals surface area contributed by atoms with Gasteiger partial charge in [0, 0.05) is 24.9 Å². The molecule has 4 nitrogen and oxygen atoms in total. The Morgan fingerprint density at radius 2 is 1.81 bits per heavy atom. The Bertz CT molecular complexity index is 702. The molecule has 2 aromatic rings. The van der Waals surface area contributed by atoms with Gasteiger partial charge in [0.05, 0.1) is 27.9 Å². The van der Waals surface area contributed by atoms with E-state index in [-0.39, 0.29) is 15.8 Å². The first-order valence-electron chi connectivity index (χ1n) is 7.81. The molecule has 1 heterocycles. The number of pyridine rings is 1. The van der Waals surface area contributed by atoms with Crippen molar-refractivity contribution in [1.29, 1.82) is 0 Å². The van der Waals surface area contributed by atoms with Crippen LogP contribution >= 0.6 is 23.2 Å². The van der Waals surface area contributed by atoms with Crippen LogP contribution in [-0.2, 0) is 12.7 Å². The molecule has 0 aliphatic heterocycles. The summed E-state index contributed by atoms with van der Waals surface area (Å²) in [7, 11) is 0. The highest BCUT2D eigenvalue weighted by atomic mass is 35.5. The summed E-state index contributed by atoms with van der Waals surface area (Å²) >= 11 is 11.9. The Kier molecular flexibility index (Phi) is 7.37. The molecule has 26 heavy (non-hydrogen) atoms. The number of aromatic hydroxyl groups is 1. The molecule has 0 radical (unpaired) electrons. The minimum Gasteiger partial charge on any atom is -0.508 e. The number of rotatable bonds is 8. The average Bonchev–Trinajstić information content (AvgIpc) is 2.55. The van der Waals surface area contributed by atoms with Crippen LogP contribution in [0.2, 0.25) is 10.0 Å². The van der Waals surface area contributed by atoms with Crippen LogP contribution < -0.4 is 10.1 Å². The van der Waals surface area contributed by atoms with Crippen molar-refractivity contribution in [2.45, 2.75) is 25.6 Å². The van der Waals surface area contributed by atoms with Gasteiger partial charge in [0.1, 0.15) is 5.75 Å². The number of phenolic OH excluding ortho intramolecular Hbond substituents is 1. The number of ether oxygens (including phenoxy) is 1. The minimum absolute atomic E-state index is 0.0339. The van der Waals surface area contributed by atoms with E-state index in [1.165, 1.54) is 18.2 Å². The molecule has 0 amide bonds. The Hall–Kier alpha value is -1.70. The smallest absolute Gasteiger partial charge is 0.417 e. The number of benzene rings is 1. The molecule has 9 heteroatoms. The van der Waals surface area contributed by atoms with E-state index in [2.05, 4.69) is 10.3 Å². The Morgan fingerprint density at radius 3 is 2.38 bits per heavy atom. The quantitative estimate of drug-likeness (QED) is 0.599. The third-order valence-electron chi connectivity index (χ3n) is 3.44. The van der Waals surface area contributed by atoms with E-state index in [4.69, 9.17) is 27.9 Å². The number of unbranched alkanes of at least 4 members (excludes halogenated alkanes) is 1. The molecule has 0 aliphatic carbocycles. The van der Waals surface area contributed by atoms with Crippen molar-refractivity contribution in [3.8, 4) is 11.5 Å². The summed E-state index contributed by atoms with van der Waals surface area (Å²) < 4.78 is 42.8. The fourth-order valence-electron chi connectivity index (χ4n) is 2.12. The number of aromatic nitrogens is 1. The first kappa shape index (κ1) is 20.6. The van der Waals surface area contributed by atoms with Gasteiger partial charge < -0.3 is 15.2 Å². The predicted molar refractivity (Wildman–Crippen MR) is 93.8 cm³/mol. The predicted octanol–water partition coefficient (Wildman–Crippen LogP) is 5.06. The number of nitrogens with one attached hydrogen (secondary N) is 1. The summed E-state index contributed by atoms with van der Waals surface area (Å²) in [6.07, 6.45) is -2.03. The van der Waals surface area contributed by atoms with Gasteiger partial charge in [0.2, 0.25) is 0 Å². The Labute approximate surface area is 158 Å². The van der Waals surface area contributed by atoms with Gasteiger partial charge in [-0.15, -0.1) is 0 Å². The van der Waals surface area contributed by atoms with E-state index in [0.717, 1.165) is 25.1 Å². The molecule has 0 aliphatic rings. The third kappa shape index (κ3) is 6.23. The van der Waals surface area contributed by atoms with Crippen molar-refractivity contribution in [2.75, 3.05) is 13.2 Å². The maximum atomic E-state index is 12.4. The molecule has 0 spiro atoms. The SMILES string of the molecule is Oc1cc(Cl)c(OCCCCNCc2ccc(C(F)(F)F)cn2)c(Cl)c1. The van der Waals surface area contributed by atoms with E-state index in [1.807, 2.05) is 0 Å². The number of halogens is 5. The van der Waals surface area contributed by atoms with Crippen LogP contribution in [0.5, 0.6) is 11.5 Å². The average molecular weight is 409 g/mol. The van der Waals surface area contributed by atoms with E-state index in [0.29, 0.717) is 31.1 Å². The Morgan fingerprint density at radius 1 is 1.12 bits per heavy atom. The van der Waals surface area contributed by atoms with Crippen molar-refractivity contribution < 1.29 is 23.0 Å². The highest BCUT2D eigenvalue weighted by Crippen LogP contribution is 2.36. The lowest BCUT2D eigenvalue weighted by Crippen LogP contribution is -2.16. The summed E-state index contributed by atoms with van der Waals surface area (Å²) in [5.74, 6) is 0.293. The highest BCUT2D eigenvalue weighted by Gasteiger charge is 2.30. The second-order valence-corrected chi connectivity index (χ2v) is 6.32. The first-order chi connectivity index (χ1) is 12.3. The molecule has 0 bridgehead atoms. The molecule has 2 rings (SSSR count). The van der Waals surface area contributed by atoms with Gasteiger partial charge in [-0.2, -0.15) is 13.2 Å². The van der Waals surface area contributed by atoms with Gasteiger partial charge in [-0.1, -0.05) is 23.2 Å². The van der Waals surface area contributed by atoms with Gasteiger partial charge in [0.15, 0.2) is 5.75 Å². The molecule has 0 saturated carbocycles. The fraction of sp³-hybridized carbons (Fsp3) is 0.353. The van der Waals surface area contributed by atoms with Crippen LogP contribution in [0.4, 0.5) is 13.2 Å². The summed E-state index contributed by atoms with van der Waals surface area (Å²) in [5.41, 5.74) is -0.221. The van der Waals surface area contributed by atoms with Crippen molar-refractivity contribution in [3.63, 3.8) is 0 Å². The summed E-state index contributed by atoms with van der Waals surface area (Å²) in [4.78, 5) is 3.79. The maximum absolute atomic E-state index is 12.4. The minimum atomic E-state index is -4.37. The van der Waals surface area contributed by atoms with Gasteiger partial charge in [-0.3, -0.25) is 4.98 Å². The molecule has 0 unspecified atom stereocenters. The van der Waals surface area contributed by atoms with Crippen LogP contribution in [0, 0.1) is 0 Å². The summed E-state index contributed by atoms with van der Waals surface area (Å²) in [6, 6.07) is 5.07. The number of nitrogens with zero attached hydrogens (tertiary/aromatic N) is 1. The molecule has 142 valence electrons. The molecular weight excluding hydrogens is 392 g/mol. The van der Waals surface area contributed by atoms with Crippen molar-refractivity contribution >= 4 is 23.2 Å². The molecule has 2 N–H and O–H groups in total. The van der Waals surface area contributed by atoms with Crippen molar-refractivity contribution in [3.05, 3.63) is 51.8 Å². The van der Waals surface area contributed by atoms with Crippen molar-refractivity contribution in [2.24, 2.45) is 0 Å². The van der Waals surface area contributed by atoms with Crippen LogP contribution in [0.25, 0.3) is 0 Å². The zero-order valence-electron chi connectivity index (χ0n) is 13.6. The van der Waals surface area contributed by atoms with Gasteiger partial charge in [-0.05, 0) is 31.5 Å². The second-order valence-electron chi connectivity index (χ2n) is 5.51. The van der Waals surface area contributed by atoms with Crippen LogP contribution in [0.3, 0.4) is 0 Å². The third-order valence-corrected chi connectivity index (χ3v) is 4.00. The monoisotopic (exact) mass is 408 g/mol. The highest BCUT2D eigenvalue weighted by molar-refractivity contribution is 6.37. The van der Waals surface area contributed by atoms with E-state index < -0.39 is 11.7 Å². The van der Waals surface area contributed by atoms with Crippen LogP contribution in [-0.4, -0.2) is 23.2 Å². The summed E-state index contributed by atoms with van der Waals surface area (Å²) in [5, 5.41) is 12.9. The van der Waals surface area contributed by atoms with Gasteiger partial charge in [0.25, 0.3) is 0 Å². The first-order valence-corrected chi connectivity index (χ1v) is 8.56. The number of hydrogen-bond acceptors (Lipinski definition) is 4. The Balaban J connectivity index is 1.64. The molecule has 1 aromatic carbocycles. The normalized spacial score (nSPS) is 11.6. The molecule has 0 saturated heterocycles. The fourth-order valence-corrected chi connectivity index (χ4v) is 2.71. The van der Waals surface area contributed by atoms with Crippen molar-refractivity contribution in [1.82, 2.24) is 10.3 Å². The number of phenols is 1. The van der Waals surface area contributed by atoms with E-state index >= 15 is 0 Å². The lowest BCUT2D eigenvalue weighted by atomic mass is 10.2. The lowest BCUT2D eigenvalue weighted by Gasteiger charge is -2.10. The number of hydrogen-bond donors (Lipinski definition) is 2. The molecule has 0 fully saturated rings. The summed E-state index contributed by atoms with van der Waals surface area (Å²) in [6.45, 7) is 1.43. The number of alkyl halides is 3. The zero-order valence-corrected chi connectivity index (χ0v) is 15.1. The van der Waals surface area contributed by atoms with Gasteiger partial charge in [-0.25, -0.2) is 0 Å². The lowest BCUT2D eigenvalue weighted by molar-refractivity contribution is -0.137. The largest absolute Gasteiger partial charge is 0.508 e. The molecule has 1 aromatic heterocycles. The van der Waals surface area contributed by atoms with Crippen LogP contribution in [0.1, 0.15) is 24.1 Å². The van der Waals surface area contributed by atoms with E-state index in [9.17, 15) is 18.3 Å². The zero-order chi connectivity index (χ0) is 19.2. The topological polar surface area (TPSA) is 54.4 Å². The second kappa shape index (κ2) is 9.30. The standard InChI is InChI=1S/C17H17Cl2F3N2O2/c18-14-7-13(25)8-15(19)16(14)26-6-2-1-5-23-10-12-4-3-11(9-24-12)17(20,21)22/h3-4,7-9,23,25H,1-2,5-6,10H2. The molecular formula is C17H17Cl2F3N2O2. The molecule has 0 atom stereocenters. The maximum Gasteiger partial charge on any atom is 0.417 e. The van der Waals surface area contributed by atoms with Gasteiger partial charge >= 0.3 is 6.18 Å².